The molecule has 0 N–H and O–H groups in total. The molecule has 1 aliphatic heterocycles. The van der Waals surface area contributed by atoms with Crippen molar-refractivity contribution in [3.05, 3.63) is 0 Å². The highest BCUT2D eigenvalue weighted by Gasteiger charge is 2.34. The average Bonchev–Trinajstić information content (AvgIpc) is 2.40. The minimum atomic E-state index is 0.00782. The summed E-state index contributed by atoms with van der Waals surface area (Å²) in [5.74, 6) is 0.871. The van der Waals surface area contributed by atoms with Crippen LogP contribution in [0.5, 0.6) is 0 Å². The molecule has 0 aromatic carbocycles. The molecule has 2 nitrogen and oxygen atoms in total. The fourth-order valence-corrected chi connectivity index (χ4v) is 3.64. The minimum absolute atomic E-state index is 0.00782. The van der Waals surface area contributed by atoms with Gasteiger partial charge in [0.15, 0.2) is 0 Å². The highest BCUT2D eigenvalue weighted by molar-refractivity contribution is 5.60. The third kappa shape index (κ3) is 3.31. The zero-order valence-electron chi connectivity index (χ0n) is 11.3. The Morgan fingerprint density at radius 1 is 1.24 bits per heavy atom. The van der Waals surface area contributed by atoms with Gasteiger partial charge in [0, 0.05) is 18.5 Å². The second kappa shape index (κ2) is 5.99. The van der Waals surface area contributed by atoms with E-state index in [1.807, 2.05) is 0 Å². The monoisotopic (exact) mass is 237 g/mol. The number of hydrogen-bond acceptors (Lipinski definition) is 2. The van der Waals surface area contributed by atoms with Gasteiger partial charge in [-0.05, 0) is 38.1 Å². The largest absolute Gasteiger partial charge is 0.303 e. The lowest BCUT2D eigenvalue weighted by molar-refractivity contribution is -0.119. The van der Waals surface area contributed by atoms with Crippen LogP contribution in [0, 0.1) is 11.3 Å². The third-order valence-electron chi connectivity index (χ3n) is 4.82. The topological polar surface area (TPSA) is 20.3 Å². The molecule has 0 amide bonds. The summed E-state index contributed by atoms with van der Waals surface area (Å²) in [4.78, 5) is 14.0. The van der Waals surface area contributed by atoms with E-state index in [1.54, 1.807) is 0 Å². The molecule has 0 radical (unpaired) electrons. The van der Waals surface area contributed by atoms with Gasteiger partial charge in [-0.3, -0.25) is 0 Å². The first-order valence-corrected chi connectivity index (χ1v) is 7.47. The van der Waals surface area contributed by atoms with Crippen LogP contribution >= 0.6 is 0 Å². The maximum atomic E-state index is 11.5. The summed E-state index contributed by atoms with van der Waals surface area (Å²) in [5, 5.41) is 0. The van der Waals surface area contributed by atoms with Gasteiger partial charge in [-0.2, -0.15) is 0 Å². The third-order valence-corrected chi connectivity index (χ3v) is 4.82. The van der Waals surface area contributed by atoms with Crippen molar-refractivity contribution in [3.63, 3.8) is 0 Å². The van der Waals surface area contributed by atoms with E-state index in [9.17, 15) is 4.79 Å². The molecule has 2 rings (SSSR count). The van der Waals surface area contributed by atoms with Gasteiger partial charge in [0.2, 0.25) is 0 Å². The standard InChI is InChI=1S/C15H27NO/c1-2-14-7-6-10-16(11-14)12-15(13-17)8-4-3-5-9-15/h13-14H,2-12H2,1H3. The smallest absolute Gasteiger partial charge is 0.127 e. The molecule has 0 aromatic heterocycles. The molecule has 2 aliphatic rings. The molecular weight excluding hydrogens is 210 g/mol. The summed E-state index contributed by atoms with van der Waals surface area (Å²) in [6.07, 6.45) is 11.4. The van der Waals surface area contributed by atoms with Crippen molar-refractivity contribution in [1.29, 1.82) is 0 Å². The maximum absolute atomic E-state index is 11.5. The fourth-order valence-electron chi connectivity index (χ4n) is 3.64. The molecule has 2 heteroatoms. The lowest BCUT2D eigenvalue weighted by Gasteiger charge is -2.40. The van der Waals surface area contributed by atoms with Crippen LogP contribution in [-0.2, 0) is 4.79 Å². The number of carbonyl (C=O) groups excluding carboxylic acids is 1. The average molecular weight is 237 g/mol. The highest BCUT2D eigenvalue weighted by atomic mass is 16.1. The first-order valence-electron chi connectivity index (χ1n) is 7.47. The first kappa shape index (κ1) is 13.1. The van der Waals surface area contributed by atoms with Crippen LogP contribution in [0.2, 0.25) is 0 Å². The van der Waals surface area contributed by atoms with Gasteiger partial charge in [0.05, 0.1) is 0 Å². The van der Waals surface area contributed by atoms with E-state index in [0.29, 0.717) is 0 Å². The number of hydrogen-bond donors (Lipinski definition) is 0. The number of nitrogens with zero attached hydrogens (tertiary/aromatic N) is 1. The van der Waals surface area contributed by atoms with E-state index >= 15 is 0 Å². The van der Waals surface area contributed by atoms with E-state index in [-0.39, 0.29) is 5.41 Å². The number of piperidine rings is 1. The second-order valence-electron chi connectivity index (χ2n) is 6.19. The van der Waals surface area contributed by atoms with Crippen molar-refractivity contribution in [2.24, 2.45) is 11.3 Å². The SMILES string of the molecule is CCC1CCCN(CC2(C=O)CCCCC2)C1. The zero-order chi connectivity index (χ0) is 12.1. The van der Waals surface area contributed by atoms with Crippen LogP contribution in [0.3, 0.4) is 0 Å². The Morgan fingerprint density at radius 3 is 2.65 bits per heavy atom. The van der Waals surface area contributed by atoms with Crippen LogP contribution in [0.15, 0.2) is 0 Å². The lowest BCUT2D eigenvalue weighted by Crippen LogP contribution is -2.44. The van der Waals surface area contributed by atoms with E-state index in [4.69, 9.17) is 0 Å². The molecule has 1 saturated carbocycles. The molecule has 1 atom stereocenters. The van der Waals surface area contributed by atoms with Crippen molar-refractivity contribution < 1.29 is 4.79 Å². The van der Waals surface area contributed by atoms with E-state index in [1.165, 1.54) is 57.9 Å². The molecular formula is C15H27NO. The summed E-state index contributed by atoms with van der Waals surface area (Å²) >= 11 is 0. The molecule has 1 aliphatic carbocycles. The Morgan fingerprint density at radius 2 is 2.00 bits per heavy atom. The molecule has 0 spiro atoms. The molecule has 2 fully saturated rings. The van der Waals surface area contributed by atoms with Gasteiger partial charge >= 0.3 is 0 Å². The number of aldehydes is 1. The highest BCUT2D eigenvalue weighted by Crippen LogP contribution is 2.36. The van der Waals surface area contributed by atoms with Gasteiger partial charge in [-0.15, -0.1) is 0 Å². The summed E-state index contributed by atoms with van der Waals surface area (Å²) in [6.45, 7) is 5.77. The van der Waals surface area contributed by atoms with Crippen LogP contribution in [0.4, 0.5) is 0 Å². The molecule has 1 heterocycles. The van der Waals surface area contributed by atoms with Crippen molar-refractivity contribution in [2.75, 3.05) is 19.6 Å². The number of carbonyl (C=O) groups is 1. The molecule has 0 bridgehead atoms. The Labute approximate surface area is 106 Å². The van der Waals surface area contributed by atoms with Gasteiger partial charge in [-0.1, -0.05) is 32.6 Å². The van der Waals surface area contributed by atoms with Crippen molar-refractivity contribution in [3.8, 4) is 0 Å². The van der Waals surface area contributed by atoms with Gasteiger partial charge < -0.3 is 9.69 Å². The molecule has 1 unspecified atom stereocenters. The van der Waals surface area contributed by atoms with E-state index < -0.39 is 0 Å². The second-order valence-corrected chi connectivity index (χ2v) is 6.19. The predicted octanol–water partition coefficient (Wildman–Crippen LogP) is 3.26. The number of likely N-dealkylation sites (tertiary alicyclic amines) is 1. The summed E-state index contributed by atoms with van der Waals surface area (Å²) in [5.41, 5.74) is 0.00782. The molecule has 1 saturated heterocycles. The van der Waals surface area contributed by atoms with Crippen LogP contribution in [0.1, 0.15) is 58.3 Å². The first-order chi connectivity index (χ1) is 8.28. The quantitative estimate of drug-likeness (QED) is 0.700. The zero-order valence-corrected chi connectivity index (χ0v) is 11.3. The number of rotatable bonds is 4. The summed E-state index contributed by atoms with van der Waals surface area (Å²) < 4.78 is 0. The summed E-state index contributed by atoms with van der Waals surface area (Å²) in [6, 6.07) is 0. The molecule has 0 aromatic rings. The van der Waals surface area contributed by atoms with Crippen molar-refractivity contribution in [1.82, 2.24) is 4.90 Å². The predicted molar refractivity (Wildman–Crippen MR) is 71.0 cm³/mol. The summed E-state index contributed by atoms with van der Waals surface area (Å²) in [7, 11) is 0. The fraction of sp³-hybridized carbons (Fsp3) is 0.933. The van der Waals surface area contributed by atoms with Gasteiger partial charge in [0.25, 0.3) is 0 Å². The van der Waals surface area contributed by atoms with Crippen molar-refractivity contribution >= 4 is 6.29 Å². The van der Waals surface area contributed by atoms with E-state index in [0.717, 1.165) is 25.3 Å². The van der Waals surface area contributed by atoms with Gasteiger partial charge in [0.1, 0.15) is 6.29 Å². The molecule has 17 heavy (non-hydrogen) atoms. The van der Waals surface area contributed by atoms with Crippen LogP contribution < -0.4 is 0 Å². The normalized spacial score (nSPS) is 30.1. The maximum Gasteiger partial charge on any atom is 0.127 e. The van der Waals surface area contributed by atoms with Gasteiger partial charge in [-0.25, -0.2) is 0 Å². The minimum Gasteiger partial charge on any atom is -0.303 e. The Kier molecular flexibility index (Phi) is 4.61. The van der Waals surface area contributed by atoms with Crippen LogP contribution in [0.25, 0.3) is 0 Å². The lowest BCUT2D eigenvalue weighted by atomic mass is 9.74. The Hall–Kier alpha value is -0.370. The van der Waals surface area contributed by atoms with Crippen LogP contribution in [-0.4, -0.2) is 30.8 Å². The van der Waals surface area contributed by atoms with E-state index in [2.05, 4.69) is 11.8 Å². The Balaban J connectivity index is 1.91. The van der Waals surface area contributed by atoms with Crippen molar-refractivity contribution in [2.45, 2.75) is 58.3 Å². The Bertz CT molecular complexity index is 245. The molecule has 98 valence electrons.